The molecular formula is C25H25F3N4O5. The summed E-state index contributed by atoms with van der Waals surface area (Å²) in [6.07, 6.45) is -3.29. The van der Waals surface area contributed by atoms with Crippen LogP contribution in [0.3, 0.4) is 0 Å². The van der Waals surface area contributed by atoms with Crippen molar-refractivity contribution in [1.82, 2.24) is 10.3 Å². The molecular weight excluding hydrogens is 493 g/mol. The number of amides is 2. The number of halogens is 3. The van der Waals surface area contributed by atoms with Crippen molar-refractivity contribution < 1.29 is 37.3 Å². The number of ether oxygens (including phenoxy) is 2. The number of carboxylic acid groups (broad SMARTS) is 1. The molecule has 0 unspecified atom stereocenters. The minimum absolute atomic E-state index is 0.0141. The standard InChI is InChI=1S/C25H25F3N4O5/c1-24(2,29)14-36-21-8-5-16(25(26,27)28)11-19(21)32-23(35)31-13-15-3-6-17(7-4-15)37-18-9-10-30-20(12-18)22(33)34/h3-12H,13-14,29H2,1-2H3,(H,33,34)(H2,31,32,35). The summed E-state index contributed by atoms with van der Waals surface area (Å²) in [4.78, 5) is 27.2. The largest absolute Gasteiger partial charge is 0.490 e. The molecule has 0 aliphatic carbocycles. The zero-order valence-corrected chi connectivity index (χ0v) is 19.9. The van der Waals surface area contributed by atoms with Crippen molar-refractivity contribution in [3.8, 4) is 17.2 Å². The van der Waals surface area contributed by atoms with Crippen molar-refractivity contribution in [3.05, 3.63) is 77.6 Å². The van der Waals surface area contributed by atoms with Crippen LogP contribution >= 0.6 is 0 Å². The molecule has 0 saturated carbocycles. The smallest absolute Gasteiger partial charge is 0.416 e. The summed E-state index contributed by atoms with van der Waals surface area (Å²) < 4.78 is 50.7. The summed E-state index contributed by atoms with van der Waals surface area (Å²) in [5.41, 5.74) is 4.55. The first-order chi connectivity index (χ1) is 17.3. The summed E-state index contributed by atoms with van der Waals surface area (Å²) in [5.74, 6) is -0.429. The lowest BCUT2D eigenvalue weighted by Crippen LogP contribution is -2.39. The van der Waals surface area contributed by atoms with Crippen LogP contribution in [0.2, 0.25) is 0 Å². The second-order valence-electron chi connectivity index (χ2n) is 8.72. The third-order valence-electron chi connectivity index (χ3n) is 4.72. The average Bonchev–Trinajstić information content (AvgIpc) is 2.82. The number of nitrogens with one attached hydrogen (secondary N) is 2. The van der Waals surface area contributed by atoms with Crippen LogP contribution in [0.5, 0.6) is 17.2 Å². The molecule has 2 amide bonds. The second kappa shape index (κ2) is 11.2. The van der Waals surface area contributed by atoms with Gasteiger partial charge in [-0.15, -0.1) is 0 Å². The molecule has 0 aliphatic rings. The van der Waals surface area contributed by atoms with Gasteiger partial charge in [-0.25, -0.2) is 14.6 Å². The summed E-state index contributed by atoms with van der Waals surface area (Å²) in [5, 5.41) is 14.0. The molecule has 5 N–H and O–H groups in total. The number of aromatic carboxylic acids is 1. The van der Waals surface area contributed by atoms with Gasteiger partial charge >= 0.3 is 18.2 Å². The van der Waals surface area contributed by atoms with E-state index in [0.29, 0.717) is 11.3 Å². The van der Waals surface area contributed by atoms with Gasteiger partial charge in [0, 0.05) is 24.3 Å². The number of pyridine rings is 1. The predicted molar refractivity (Wildman–Crippen MR) is 129 cm³/mol. The molecule has 3 aromatic rings. The lowest BCUT2D eigenvalue weighted by molar-refractivity contribution is -0.137. The van der Waals surface area contributed by atoms with Crippen LogP contribution in [-0.2, 0) is 12.7 Å². The van der Waals surface area contributed by atoms with Gasteiger partial charge < -0.3 is 30.9 Å². The van der Waals surface area contributed by atoms with E-state index in [1.165, 1.54) is 18.3 Å². The molecule has 1 heterocycles. The zero-order chi connectivity index (χ0) is 27.2. The van der Waals surface area contributed by atoms with E-state index in [1.54, 1.807) is 38.1 Å². The fourth-order valence-corrected chi connectivity index (χ4v) is 2.95. The number of benzene rings is 2. The summed E-state index contributed by atoms with van der Waals surface area (Å²) in [6.45, 7) is 3.46. The Labute approximate surface area is 210 Å². The monoisotopic (exact) mass is 518 g/mol. The van der Waals surface area contributed by atoms with Gasteiger partial charge in [0.25, 0.3) is 0 Å². The average molecular weight is 518 g/mol. The minimum Gasteiger partial charge on any atom is -0.490 e. The minimum atomic E-state index is -4.60. The molecule has 0 spiro atoms. The number of rotatable bonds is 9. The number of urea groups is 1. The number of carbonyl (C=O) groups is 2. The Bertz CT molecular complexity index is 1260. The third-order valence-corrected chi connectivity index (χ3v) is 4.72. The van der Waals surface area contributed by atoms with Crippen molar-refractivity contribution >= 4 is 17.7 Å². The number of carboxylic acids is 1. The van der Waals surface area contributed by atoms with E-state index >= 15 is 0 Å². The van der Waals surface area contributed by atoms with Gasteiger partial charge in [0.1, 0.15) is 23.9 Å². The Hall–Kier alpha value is -4.32. The van der Waals surface area contributed by atoms with E-state index in [0.717, 1.165) is 18.2 Å². The lowest BCUT2D eigenvalue weighted by atomic mass is 10.1. The van der Waals surface area contributed by atoms with Gasteiger partial charge in [-0.3, -0.25) is 0 Å². The highest BCUT2D eigenvalue weighted by Crippen LogP contribution is 2.35. The Morgan fingerprint density at radius 3 is 2.35 bits per heavy atom. The number of alkyl halides is 3. The summed E-state index contributed by atoms with van der Waals surface area (Å²) >= 11 is 0. The number of nitrogens with zero attached hydrogens (tertiary/aromatic N) is 1. The fourth-order valence-electron chi connectivity index (χ4n) is 2.95. The fraction of sp³-hybridized carbons (Fsp3) is 0.240. The Balaban J connectivity index is 1.63. The van der Waals surface area contributed by atoms with Crippen LogP contribution < -0.4 is 25.8 Å². The number of hydrogen-bond donors (Lipinski definition) is 4. The maximum Gasteiger partial charge on any atom is 0.416 e. The Morgan fingerprint density at radius 2 is 1.73 bits per heavy atom. The molecule has 3 rings (SSSR count). The first-order valence-electron chi connectivity index (χ1n) is 10.9. The molecule has 196 valence electrons. The van der Waals surface area contributed by atoms with E-state index in [4.69, 9.17) is 20.3 Å². The van der Waals surface area contributed by atoms with Crippen molar-refractivity contribution in [2.75, 3.05) is 11.9 Å². The van der Waals surface area contributed by atoms with Gasteiger partial charge in [-0.05, 0) is 55.8 Å². The van der Waals surface area contributed by atoms with Gasteiger partial charge in [0.05, 0.1) is 11.3 Å². The molecule has 0 fully saturated rings. The summed E-state index contributed by atoms with van der Waals surface area (Å²) in [7, 11) is 0. The van der Waals surface area contributed by atoms with Crippen LogP contribution in [-0.4, -0.2) is 34.2 Å². The molecule has 0 aliphatic heterocycles. The van der Waals surface area contributed by atoms with Crippen LogP contribution in [0, 0.1) is 0 Å². The first-order valence-corrected chi connectivity index (χ1v) is 10.9. The van der Waals surface area contributed by atoms with Crippen LogP contribution in [0.1, 0.15) is 35.5 Å². The Kier molecular flexibility index (Phi) is 8.23. The number of carbonyl (C=O) groups excluding carboxylic acids is 1. The molecule has 12 heteroatoms. The van der Waals surface area contributed by atoms with Gasteiger partial charge in [0.2, 0.25) is 0 Å². The lowest BCUT2D eigenvalue weighted by Gasteiger charge is -2.21. The number of hydrogen-bond acceptors (Lipinski definition) is 6. The molecule has 0 radical (unpaired) electrons. The van der Waals surface area contributed by atoms with E-state index in [2.05, 4.69) is 15.6 Å². The van der Waals surface area contributed by atoms with Gasteiger partial charge in [-0.2, -0.15) is 13.2 Å². The first kappa shape index (κ1) is 27.3. The highest BCUT2D eigenvalue weighted by molar-refractivity contribution is 5.91. The third kappa shape index (κ3) is 8.39. The van der Waals surface area contributed by atoms with Crippen LogP contribution in [0.15, 0.2) is 60.8 Å². The molecule has 1 aromatic heterocycles. The van der Waals surface area contributed by atoms with Crippen molar-refractivity contribution in [3.63, 3.8) is 0 Å². The summed E-state index contributed by atoms with van der Waals surface area (Å²) in [6, 6.07) is 11.4. The topological polar surface area (TPSA) is 136 Å². The number of anilines is 1. The maximum absolute atomic E-state index is 13.2. The SMILES string of the molecule is CC(C)(N)COc1ccc(C(F)(F)F)cc1NC(=O)NCc1ccc(Oc2ccnc(C(=O)O)c2)cc1. The molecule has 2 aromatic carbocycles. The van der Waals surface area contributed by atoms with E-state index in [1.807, 2.05) is 0 Å². The molecule has 0 bridgehead atoms. The normalized spacial score (nSPS) is 11.5. The molecule has 9 nitrogen and oxygen atoms in total. The van der Waals surface area contributed by atoms with Crippen molar-refractivity contribution in [2.45, 2.75) is 32.1 Å². The quantitative estimate of drug-likeness (QED) is 0.312. The Morgan fingerprint density at radius 1 is 1.03 bits per heavy atom. The van der Waals surface area contributed by atoms with E-state index in [9.17, 15) is 22.8 Å². The second-order valence-corrected chi connectivity index (χ2v) is 8.72. The van der Waals surface area contributed by atoms with Gasteiger partial charge in [-0.1, -0.05) is 12.1 Å². The highest BCUT2D eigenvalue weighted by atomic mass is 19.4. The van der Waals surface area contributed by atoms with E-state index in [-0.39, 0.29) is 36.0 Å². The molecule has 37 heavy (non-hydrogen) atoms. The van der Waals surface area contributed by atoms with Crippen LogP contribution in [0.25, 0.3) is 0 Å². The molecule has 0 saturated heterocycles. The predicted octanol–water partition coefficient (Wildman–Crippen LogP) is 5.03. The number of aromatic nitrogens is 1. The van der Waals surface area contributed by atoms with Crippen molar-refractivity contribution in [1.29, 1.82) is 0 Å². The van der Waals surface area contributed by atoms with Gasteiger partial charge in [0.15, 0.2) is 5.69 Å². The molecule has 0 atom stereocenters. The van der Waals surface area contributed by atoms with Crippen molar-refractivity contribution in [2.24, 2.45) is 5.73 Å². The number of nitrogens with two attached hydrogens (primary N) is 1. The zero-order valence-electron chi connectivity index (χ0n) is 19.9. The van der Waals surface area contributed by atoms with Crippen LogP contribution in [0.4, 0.5) is 23.7 Å². The van der Waals surface area contributed by atoms with E-state index < -0.39 is 29.3 Å². The maximum atomic E-state index is 13.2. The highest BCUT2D eigenvalue weighted by Gasteiger charge is 2.31.